The van der Waals surface area contributed by atoms with E-state index in [4.69, 9.17) is 44.3 Å². The average Bonchev–Trinajstić information content (AvgIpc) is 2.91. The molecule has 2 aromatic rings. The van der Waals surface area contributed by atoms with Crippen molar-refractivity contribution in [3.63, 3.8) is 0 Å². The van der Waals surface area contributed by atoms with Crippen molar-refractivity contribution >= 4 is 52.5 Å². The maximum absolute atomic E-state index is 13.0. The van der Waals surface area contributed by atoms with Gasteiger partial charge < -0.3 is 29.9 Å². The largest absolute Gasteiger partial charge is 0.489 e. The number of nitrogens with zero attached hydrogens (tertiary/aromatic N) is 2. The van der Waals surface area contributed by atoms with E-state index in [1.807, 2.05) is 0 Å². The Hall–Kier alpha value is -2.72. The van der Waals surface area contributed by atoms with Gasteiger partial charge in [0.15, 0.2) is 5.72 Å². The minimum absolute atomic E-state index is 0.0628. The van der Waals surface area contributed by atoms with Gasteiger partial charge in [-0.1, -0.05) is 40.9 Å². The van der Waals surface area contributed by atoms with Crippen LogP contribution in [-0.2, 0) is 4.79 Å². The first-order valence-corrected chi connectivity index (χ1v) is 14.5. The summed E-state index contributed by atoms with van der Waals surface area (Å²) in [6.07, 6.45) is 2.49. The SMILES string of the molecule is CC(=O)N1CCC(Oc2cc3c(cc2Cl)C(=O)NC2(CCN(CCNC(=O)c4c(Cl)cccc4Cl)CC2)O3)CC1. The number of ether oxygens (including phenoxy) is 2. The Bertz CT molecular complexity index is 1290. The zero-order valence-corrected chi connectivity index (χ0v) is 24.4. The Kier molecular flexibility index (Phi) is 8.66. The average molecular weight is 610 g/mol. The molecule has 2 fully saturated rings. The molecule has 0 unspecified atom stereocenters. The number of hydrogen-bond acceptors (Lipinski definition) is 6. The summed E-state index contributed by atoms with van der Waals surface area (Å²) in [6, 6.07) is 8.24. The van der Waals surface area contributed by atoms with Crippen LogP contribution in [-0.4, -0.2) is 78.6 Å². The van der Waals surface area contributed by atoms with E-state index in [2.05, 4.69) is 15.5 Å². The summed E-state index contributed by atoms with van der Waals surface area (Å²) in [5.41, 5.74) is -0.185. The van der Waals surface area contributed by atoms with Crippen molar-refractivity contribution in [3.8, 4) is 11.5 Å². The van der Waals surface area contributed by atoms with Crippen LogP contribution in [0.25, 0.3) is 0 Å². The number of carbonyl (C=O) groups excluding carboxylic acids is 3. The number of nitrogens with one attached hydrogen (secondary N) is 2. The van der Waals surface area contributed by atoms with Crippen LogP contribution < -0.4 is 20.1 Å². The van der Waals surface area contributed by atoms with E-state index in [1.54, 1.807) is 42.2 Å². The first-order valence-electron chi connectivity index (χ1n) is 13.4. The molecule has 3 amide bonds. The Balaban J connectivity index is 1.16. The lowest BCUT2D eigenvalue weighted by atomic mass is 9.96. The number of hydrogen-bond donors (Lipinski definition) is 2. The van der Waals surface area contributed by atoms with Crippen molar-refractivity contribution in [1.29, 1.82) is 0 Å². The molecule has 0 bridgehead atoms. The topological polar surface area (TPSA) is 100 Å². The second-order valence-corrected chi connectivity index (χ2v) is 11.6. The van der Waals surface area contributed by atoms with Gasteiger partial charge in [-0.3, -0.25) is 14.4 Å². The molecular formula is C28H31Cl3N4O5. The highest BCUT2D eigenvalue weighted by Crippen LogP contribution is 2.40. The van der Waals surface area contributed by atoms with Gasteiger partial charge in [0.2, 0.25) is 5.91 Å². The number of likely N-dealkylation sites (tertiary alicyclic amines) is 2. The van der Waals surface area contributed by atoms with Gasteiger partial charge in [0, 0.05) is 77.9 Å². The number of benzene rings is 2. The van der Waals surface area contributed by atoms with E-state index in [0.29, 0.717) is 97.1 Å². The summed E-state index contributed by atoms with van der Waals surface area (Å²) >= 11 is 18.7. The predicted octanol–water partition coefficient (Wildman–Crippen LogP) is 4.38. The molecule has 2 saturated heterocycles. The Morgan fingerprint density at radius 2 is 1.75 bits per heavy atom. The molecule has 3 aliphatic rings. The van der Waals surface area contributed by atoms with Crippen molar-refractivity contribution in [2.45, 2.75) is 44.4 Å². The van der Waals surface area contributed by atoms with Gasteiger partial charge in [0.05, 0.1) is 26.2 Å². The molecule has 12 heteroatoms. The number of halogens is 3. The molecule has 0 aromatic heterocycles. The Morgan fingerprint density at radius 1 is 1.07 bits per heavy atom. The smallest absolute Gasteiger partial charge is 0.258 e. The van der Waals surface area contributed by atoms with Gasteiger partial charge in [-0.15, -0.1) is 0 Å². The molecule has 0 aliphatic carbocycles. The molecule has 0 radical (unpaired) electrons. The van der Waals surface area contributed by atoms with Crippen LogP contribution >= 0.6 is 34.8 Å². The molecule has 2 N–H and O–H groups in total. The van der Waals surface area contributed by atoms with Gasteiger partial charge in [-0.05, 0) is 18.2 Å². The van der Waals surface area contributed by atoms with Crippen molar-refractivity contribution in [3.05, 3.63) is 56.5 Å². The van der Waals surface area contributed by atoms with Crippen LogP contribution in [0, 0.1) is 0 Å². The molecule has 3 heterocycles. The number of carbonyl (C=O) groups is 3. The van der Waals surface area contributed by atoms with Crippen LogP contribution in [0.1, 0.15) is 53.3 Å². The van der Waals surface area contributed by atoms with E-state index in [9.17, 15) is 14.4 Å². The van der Waals surface area contributed by atoms with Gasteiger partial charge in [0.25, 0.3) is 11.8 Å². The van der Waals surface area contributed by atoms with Gasteiger partial charge in [-0.25, -0.2) is 0 Å². The molecule has 214 valence electrons. The second kappa shape index (κ2) is 12.0. The molecule has 3 aliphatic heterocycles. The number of piperidine rings is 2. The van der Waals surface area contributed by atoms with Crippen molar-refractivity contribution in [1.82, 2.24) is 20.4 Å². The van der Waals surface area contributed by atoms with Crippen molar-refractivity contribution < 1.29 is 23.9 Å². The van der Waals surface area contributed by atoms with E-state index in [0.717, 1.165) is 0 Å². The molecule has 2 aromatic carbocycles. The Labute approximate surface area is 248 Å². The minimum Gasteiger partial charge on any atom is -0.489 e. The lowest BCUT2D eigenvalue weighted by Crippen LogP contribution is -2.61. The summed E-state index contributed by atoms with van der Waals surface area (Å²) in [5, 5.41) is 6.87. The lowest BCUT2D eigenvalue weighted by molar-refractivity contribution is -0.130. The van der Waals surface area contributed by atoms with E-state index in [1.165, 1.54) is 0 Å². The highest BCUT2D eigenvalue weighted by Gasteiger charge is 2.43. The predicted molar refractivity (Wildman–Crippen MR) is 153 cm³/mol. The maximum atomic E-state index is 13.0. The fourth-order valence-electron chi connectivity index (χ4n) is 5.36. The molecule has 0 saturated carbocycles. The summed E-state index contributed by atoms with van der Waals surface area (Å²) in [4.78, 5) is 41.2. The third-order valence-corrected chi connectivity index (χ3v) is 8.60. The monoisotopic (exact) mass is 608 g/mol. The quantitative estimate of drug-likeness (QED) is 0.504. The van der Waals surface area contributed by atoms with Gasteiger partial charge >= 0.3 is 0 Å². The van der Waals surface area contributed by atoms with Crippen LogP contribution in [0.5, 0.6) is 11.5 Å². The number of rotatable bonds is 6. The van der Waals surface area contributed by atoms with Crippen molar-refractivity contribution in [2.75, 3.05) is 39.3 Å². The van der Waals surface area contributed by atoms with Crippen molar-refractivity contribution in [2.24, 2.45) is 0 Å². The summed E-state index contributed by atoms with van der Waals surface area (Å²) in [7, 11) is 0. The molecular weight excluding hydrogens is 579 g/mol. The summed E-state index contributed by atoms with van der Waals surface area (Å²) < 4.78 is 12.6. The zero-order valence-electron chi connectivity index (χ0n) is 22.1. The zero-order chi connectivity index (χ0) is 28.4. The van der Waals surface area contributed by atoms with Crippen LogP contribution in [0.2, 0.25) is 15.1 Å². The second-order valence-electron chi connectivity index (χ2n) is 10.3. The number of amides is 3. The normalized spacial score (nSPS) is 19.0. The number of fused-ring (bicyclic) bond motifs is 1. The first kappa shape index (κ1) is 28.8. The standard InChI is InChI=1S/C28H31Cl3N4O5/c1-17(36)35-10-5-18(6-11-35)39-24-16-23-19(15-22(24)31)26(37)33-28(40-23)7-12-34(13-8-28)14-9-32-27(38)25-20(29)3-2-4-21(25)30/h2-4,15-16,18H,5-14H2,1H3,(H,32,38)(H,33,37). The maximum Gasteiger partial charge on any atom is 0.258 e. The van der Waals surface area contributed by atoms with Gasteiger partial charge in [-0.2, -0.15) is 0 Å². The molecule has 5 rings (SSSR count). The molecule has 40 heavy (non-hydrogen) atoms. The van der Waals surface area contributed by atoms with Gasteiger partial charge in [0.1, 0.15) is 17.6 Å². The fraction of sp³-hybridized carbons (Fsp3) is 0.464. The minimum atomic E-state index is -0.827. The van der Waals surface area contributed by atoms with Crippen LogP contribution in [0.3, 0.4) is 0 Å². The lowest BCUT2D eigenvalue weighted by Gasteiger charge is -2.44. The highest BCUT2D eigenvalue weighted by molar-refractivity contribution is 6.39. The van der Waals surface area contributed by atoms with E-state index < -0.39 is 5.72 Å². The molecule has 1 spiro atoms. The summed E-state index contributed by atoms with van der Waals surface area (Å²) in [5.74, 6) is 0.430. The highest BCUT2D eigenvalue weighted by atomic mass is 35.5. The summed E-state index contributed by atoms with van der Waals surface area (Å²) in [6.45, 7) is 5.24. The Morgan fingerprint density at radius 3 is 2.40 bits per heavy atom. The third kappa shape index (κ3) is 6.28. The first-order chi connectivity index (χ1) is 19.1. The van der Waals surface area contributed by atoms with E-state index >= 15 is 0 Å². The van der Waals surface area contributed by atoms with E-state index in [-0.39, 0.29) is 29.4 Å². The fourth-order valence-corrected chi connectivity index (χ4v) is 6.14. The van der Waals surface area contributed by atoms with Crippen LogP contribution in [0.4, 0.5) is 0 Å². The third-order valence-electron chi connectivity index (χ3n) is 7.67. The van der Waals surface area contributed by atoms with Crippen LogP contribution in [0.15, 0.2) is 30.3 Å². The molecule has 9 nitrogen and oxygen atoms in total. The molecule has 0 atom stereocenters.